The SMILES string of the molecule is CCCCCCCCCCCCCC(=O)OC[C@H](COC(=O)CCCCCCCCCCCCCCC(C)C)OC(=O)CCCCCCCCC(C)C. The molecule has 0 aliphatic carbocycles. The number of hydrogen-bond donors (Lipinski definition) is 0. The monoisotopic (exact) mass is 751 g/mol. The first kappa shape index (κ1) is 51.4. The molecule has 0 radical (unpaired) electrons. The Morgan fingerprint density at radius 2 is 0.623 bits per heavy atom. The highest BCUT2D eigenvalue weighted by Gasteiger charge is 2.19. The molecule has 0 unspecified atom stereocenters. The summed E-state index contributed by atoms with van der Waals surface area (Å²) >= 11 is 0. The van der Waals surface area contributed by atoms with E-state index >= 15 is 0 Å². The Morgan fingerprint density at radius 1 is 0.358 bits per heavy atom. The average molecular weight is 751 g/mol. The molecular weight excluding hydrogens is 661 g/mol. The molecule has 0 heterocycles. The summed E-state index contributed by atoms with van der Waals surface area (Å²) in [6, 6.07) is 0. The number of carbonyl (C=O) groups excluding carboxylic acids is 3. The van der Waals surface area contributed by atoms with Crippen molar-refractivity contribution in [2.24, 2.45) is 11.8 Å². The Kier molecular flexibility index (Phi) is 38.9. The molecule has 0 rings (SSSR count). The summed E-state index contributed by atoms with van der Waals surface area (Å²) < 4.78 is 16.7. The summed E-state index contributed by atoms with van der Waals surface area (Å²) in [7, 11) is 0. The zero-order chi connectivity index (χ0) is 39.0. The molecule has 0 N–H and O–H groups in total. The first-order chi connectivity index (χ1) is 25.7. The predicted octanol–water partition coefficient (Wildman–Crippen LogP) is 14.6. The van der Waals surface area contributed by atoms with Crippen molar-refractivity contribution in [3.8, 4) is 0 Å². The number of unbranched alkanes of at least 4 members (excludes halogenated alkanes) is 26. The third kappa shape index (κ3) is 41.4. The maximum absolute atomic E-state index is 12.7. The highest BCUT2D eigenvalue weighted by Crippen LogP contribution is 2.16. The van der Waals surface area contributed by atoms with Crippen LogP contribution in [0.1, 0.15) is 253 Å². The van der Waals surface area contributed by atoms with Gasteiger partial charge in [0.15, 0.2) is 6.10 Å². The van der Waals surface area contributed by atoms with E-state index in [2.05, 4.69) is 34.6 Å². The van der Waals surface area contributed by atoms with Crippen molar-refractivity contribution in [2.45, 2.75) is 259 Å². The minimum atomic E-state index is -0.760. The van der Waals surface area contributed by atoms with Crippen molar-refractivity contribution in [1.29, 1.82) is 0 Å². The Hall–Kier alpha value is -1.59. The highest BCUT2D eigenvalue weighted by molar-refractivity contribution is 5.71. The van der Waals surface area contributed by atoms with Crippen LogP contribution in [0.25, 0.3) is 0 Å². The van der Waals surface area contributed by atoms with E-state index in [4.69, 9.17) is 14.2 Å². The normalized spacial score (nSPS) is 12.1. The number of carbonyl (C=O) groups is 3. The van der Waals surface area contributed by atoms with Crippen LogP contribution in [-0.2, 0) is 28.6 Å². The van der Waals surface area contributed by atoms with Crippen LogP contribution in [0.3, 0.4) is 0 Å². The average Bonchev–Trinajstić information content (AvgIpc) is 3.12. The first-order valence-corrected chi connectivity index (χ1v) is 23.2. The van der Waals surface area contributed by atoms with Crippen LogP contribution in [0, 0.1) is 11.8 Å². The molecule has 314 valence electrons. The summed E-state index contributed by atoms with van der Waals surface area (Å²) in [5.41, 5.74) is 0. The Balaban J connectivity index is 4.28. The smallest absolute Gasteiger partial charge is 0.306 e. The highest BCUT2D eigenvalue weighted by atomic mass is 16.6. The second-order valence-corrected chi connectivity index (χ2v) is 17.0. The fraction of sp³-hybridized carbons (Fsp3) is 0.936. The van der Waals surface area contributed by atoms with Crippen molar-refractivity contribution in [3.63, 3.8) is 0 Å². The van der Waals surface area contributed by atoms with Crippen LogP contribution in [0.5, 0.6) is 0 Å². The maximum atomic E-state index is 12.7. The van der Waals surface area contributed by atoms with Gasteiger partial charge in [0.1, 0.15) is 13.2 Å². The molecule has 0 fully saturated rings. The van der Waals surface area contributed by atoms with Gasteiger partial charge in [-0.2, -0.15) is 0 Å². The fourth-order valence-electron chi connectivity index (χ4n) is 6.93. The van der Waals surface area contributed by atoms with Crippen molar-refractivity contribution in [3.05, 3.63) is 0 Å². The van der Waals surface area contributed by atoms with E-state index in [1.807, 2.05) is 0 Å². The predicted molar refractivity (Wildman–Crippen MR) is 224 cm³/mol. The molecule has 0 aromatic heterocycles. The molecular formula is C47H90O6. The fourth-order valence-corrected chi connectivity index (χ4v) is 6.93. The lowest BCUT2D eigenvalue weighted by Gasteiger charge is -2.18. The molecule has 1 atom stereocenters. The Morgan fingerprint density at radius 3 is 0.925 bits per heavy atom. The standard InChI is InChI=1S/C47H90O6/c1-6-7-8-9-10-11-14-18-21-27-32-37-45(48)51-40-44(53-47(50)39-34-29-24-23-26-31-36-43(4)5)41-52-46(49)38-33-28-22-19-16-13-12-15-17-20-25-30-35-42(2)3/h42-44H,6-41H2,1-5H3/t44-/m1/s1. The zero-order valence-electron chi connectivity index (χ0n) is 36.1. The molecule has 53 heavy (non-hydrogen) atoms. The Labute approximate surface area is 329 Å². The first-order valence-electron chi connectivity index (χ1n) is 23.2. The van der Waals surface area contributed by atoms with Crippen molar-refractivity contribution >= 4 is 17.9 Å². The molecule has 0 amide bonds. The molecule has 0 aliphatic heterocycles. The van der Waals surface area contributed by atoms with Gasteiger partial charge in [-0.3, -0.25) is 14.4 Å². The van der Waals surface area contributed by atoms with Crippen LogP contribution in [0.15, 0.2) is 0 Å². The van der Waals surface area contributed by atoms with Crippen molar-refractivity contribution in [2.75, 3.05) is 13.2 Å². The molecule has 0 spiro atoms. The molecule has 0 aromatic rings. The van der Waals surface area contributed by atoms with Crippen molar-refractivity contribution < 1.29 is 28.6 Å². The van der Waals surface area contributed by atoms with Crippen LogP contribution in [0.2, 0.25) is 0 Å². The largest absolute Gasteiger partial charge is 0.462 e. The number of rotatable bonds is 41. The number of esters is 3. The van der Waals surface area contributed by atoms with Gasteiger partial charge in [0.05, 0.1) is 0 Å². The Bertz CT molecular complexity index is 809. The van der Waals surface area contributed by atoms with Crippen LogP contribution >= 0.6 is 0 Å². The van der Waals surface area contributed by atoms with Gasteiger partial charge in [-0.25, -0.2) is 0 Å². The quantitative estimate of drug-likeness (QED) is 0.0352. The lowest BCUT2D eigenvalue weighted by molar-refractivity contribution is -0.167. The van der Waals surface area contributed by atoms with Gasteiger partial charge in [0.25, 0.3) is 0 Å². The van der Waals surface area contributed by atoms with Gasteiger partial charge in [-0.1, -0.05) is 214 Å². The lowest BCUT2D eigenvalue weighted by atomic mass is 10.0. The minimum absolute atomic E-state index is 0.0656. The second kappa shape index (κ2) is 40.1. The van der Waals surface area contributed by atoms with E-state index in [1.54, 1.807) is 0 Å². The lowest BCUT2D eigenvalue weighted by Crippen LogP contribution is -2.30. The van der Waals surface area contributed by atoms with Crippen LogP contribution in [-0.4, -0.2) is 37.2 Å². The van der Waals surface area contributed by atoms with Gasteiger partial charge in [0.2, 0.25) is 0 Å². The minimum Gasteiger partial charge on any atom is -0.462 e. The van der Waals surface area contributed by atoms with Crippen molar-refractivity contribution in [1.82, 2.24) is 0 Å². The second-order valence-electron chi connectivity index (χ2n) is 17.0. The molecule has 0 saturated carbocycles. The molecule has 0 aromatic carbocycles. The van der Waals surface area contributed by atoms with Gasteiger partial charge in [-0.05, 0) is 31.1 Å². The molecule has 0 aliphatic rings. The van der Waals surface area contributed by atoms with Crippen LogP contribution < -0.4 is 0 Å². The molecule has 0 bridgehead atoms. The maximum Gasteiger partial charge on any atom is 0.306 e. The van der Waals surface area contributed by atoms with E-state index in [0.29, 0.717) is 19.3 Å². The van der Waals surface area contributed by atoms with Gasteiger partial charge < -0.3 is 14.2 Å². The zero-order valence-corrected chi connectivity index (χ0v) is 36.1. The van der Waals surface area contributed by atoms with E-state index in [0.717, 1.165) is 69.6 Å². The van der Waals surface area contributed by atoms with E-state index in [9.17, 15) is 14.4 Å². The molecule has 0 saturated heterocycles. The topological polar surface area (TPSA) is 78.9 Å². The summed E-state index contributed by atoms with van der Waals surface area (Å²) in [6.07, 6.45) is 38.1. The van der Waals surface area contributed by atoms with E-state index in [1.165, 1.54) is 141 Å². The third-order valence-corrected chi connectivity index (χ3v) is 10.5. The third-order valence-electron chi connectivity index (χ3n) is 10.5. The van der Waals surface area contributed by atoms with Crippen LogP contribution in [0.4, 0.5) is 0 Å². The van der Waals surface area contributed by atoms with Gasteiger partial charge in [0, 0.05) is 19.3 Å². The summed E-state index contributed by atoms with van der Waals surface area (Å²) in [4.78, 5) is 37.7. The number of hydrogen-bond acceptors (Lipinski definition) is 6. The molecule has 6 heteroatoms. The van der Waals surface area contributed by atoms with E-state index < -0.39 is 6.10 Å². The van der Waals surface area contributed by atoms with Gasteiger partial charge >= 0.3 is 17.9 Å². The number of ether oxygens (including phenoxy) is 3. The molecule has 6 nitrogen and oxygen atoms in total. The summed E-state index contributed by atoms with van der Waals surface area (Å²) in [5.74, 6) is 0.732. The van der Waals surface area contributed by atoms with Gasteiger partial charge in [-0.15, -0.1) is 0 Å². The summed E-state index contributed by atoms with van der Waals surface area (Å²) in [6.45, 7) is 11.3. The summed E-state index contributed by atoms with van der Waals surface area (Å²) in [5, 5.41) is 0. The van der Waals surface area contributed by atoms with E-state index in [-0.39, 0.29) is 31.1 Å².